The highest BCUT2D eigenvalue weighted by Gasteiger charge is 2.47. The van der Waals surface area contributed by atoms with Gasteiger partial charge in [-0.25, -0.2) is 8.78 Å². The number of halogens is 2. The molecule has 6 heteroatoms. The summed E-state index contributed by atoms with van der Waals surface area (Å²) in [7, 11) is 0. The number of amides is 1. The summed E-state index contributed by atoms with van der Waals surface area (Å²) in [6.45, 7) is 3.57. The van der Waals surface area contributed by atoms with E-state index in [9.17, 15) is 13.6 Å². The molecule has 3 rings (SSSR count). The average Bonchev–Trinajstić information content (AvgIpc) is 3.28. The molecule has 0 spiro atoms. The molecular weight excluding hydrogens is 290 g/mol. The fourth-order valence-corrected chi connectivity index (χ4v) is 3.18. The largest absolute Gasteiger partial charge is 0.395 e. The topological polar surface area (TPSA) is 43.8 Å². The lowest BCUT2D eigenvalue weighted by Crippen LogP contribution is -2.49. The van der Waals surface area contributed by atoms with E-state index in [1.165, 1.54) is 12.1 Å². The summed E-state index contributed by atoms with van der Waals surface area (Å²) in [6, 6.07) is 3.57. The minimum atomic E-state index is -0.593. The van der Waals surface area contributed by atoms with Gasteiger partial charge in [0.25, 0.3) is 0 Å². The highest BCUT2D eigenvalue weighted by atomic mass is 19.1. The second-order valence-corrected chi connectivity index (χ2v) is 6.01. The van der Waals surface area contributed by atoms with Gasteiger partial charge in [0, 0.05) is 44.7 Å². The first-order chi connectivity index (χ1) is 10.6. The Morgan fingerprint density at radius 2 is 1.95 bits per heavy atom. The van der Waals surface area contributed by atoms with Crippen molar-refractivity contribution >= 4 is 5.91 Å². The molecule has 1 aromatic carbocycles. The van der Waals surface area contributed by atoms with Crippen LogP contribution >= 0.6 is 0 Å². The second kappa shape index (κ2) is 6.30. The van der Waals surface area contributed by atoms with Gasteiger partial charge in [-0.1, -0.05) is 6.07 Å². The smallest absolute Gasteiger partial charge is 0.226 e. The van der Waals surface area contributed by atoms with Crippen molar-refractivity contribution in [2.75, 3.05) is 39.3 Å². The molecule has 1 heterocycles. The van der Waals surface area contributed by atoms with E-state index >= 15 is 0 Å². The molecule has 1 aliphatic carbocycles. The van der Waals surface area contributed by atoms with E-state index in [0.29, 0.717) is 31.6 Å². The van der Waals surface area contributed by atoms with Crippen LogP contribution in [0, 0.1) is 17.6 Å². The van der Waals surface area contributed by atoms with Crippen LogP contribution in [0.5, 0.6) is 0 Å². The van der Waals surface area contributed by atoms with Gasteiger partial charge in [0.1, 0.15) is 11.6 Å². The molecular formula is C16H20F2N2O2. The van der Waals surface area contributed by atoms with Crippen molar-refractivity contribution < 1.29 is 18.7 Å². The van der Waals surface area contributed by atoms with Crippen LogP contribution < -0.4 is 0 Å². The lowest BCUT2D eigenvalue weighted by molar-refractivity contribution is -0.134. The number of hydrogen-bond donors (Lipinski definition) is 1. The summed E-state index contributed by atoms with van der Waals surface area (Å²) >= 11 is 0. The lowest BCUT2D eigenvalue weighted by Gasteiger charge is -2.34. The van der Waals surface area contributed by atoms with Crippen molar-refractivity contribution in [2.24, 2.45) is 5.92 Å². The number of nitrogens with zero attached hydrogens (tertiary/aromatic N) is 2. The van der Waals surface area contributed by atoms with Crippen LogP contribution in [0.1, 0.15) is 17.9 Å². The molecule has 2 atom stereocenters. The summed E-state index contributed by atoms with van der Waals surface area (Å²) in [5, 5.41) is 8.91. The van der Waals surface area contributed by atoms with E-state index in [2.05, 4.69) is 4.90 Å². The number of aliphatic hydroxyl groups excluding tert-OH is 1. The third-order valence-electron chi connectivity index (χ3n) is 4.57. The Balaban J connectivity index is 1.57. The van der Waals surface area contributed by atoms with Crippen molar-refractivity contribution in [1.29, 1.82) is 0 Å². The summed E-state index contributed by atoms with van der Waals surface area (Å²) in [5.74, 6) is -1.39. The van der Waals surface area contributed by atoms with Crippen LogP contribution in [0.25, 0.3) is 0 Å². The molecule has 2 aliphatic rings. The molecule has 1 amide bonds. The molecule has 2 unspecified atom stereocenters. The molecule has 4 nitrogen and oxygen atoms in total. The zero-order valence-electron chi connectivity index (χ0n) is 12.3. The highest BCUT2D eigenvalue weighted by molar-refractivity contribution is 5.83. The molecule has 1 aromatic rings. The minimum absolute atomic E-state index is 0.0670. The van der Waals surface area contributed by atoms with E-state index in [1.54, 1.807) is 0 Å². The van der Waals surface area contributed by atoms with Crippen LogP contribution in [0.15, 0.2) is 18.2 Å². The van der Waals surface area contributed by atoms with Gasteiger partial charge in [0.2, 0.25) is 5.91 Å². The monoisotopic (exact) mass is 310 g/mol. The standard InChI is InChI=1S/C16H20F2N2O2/c17-11-1-2-12(15(18)9-11)13-10-14(13)16(22)20-5-3-19(4-6-20)7-8-21/h1-2,9,13-14,21H,3-8,10H2. The molecule has 0 aromatic heterocycles. The number of rotatable bonds is 4. The maximum Gasteiger partial charge on any atom is 0.226 e. The Bertz CT molecular complexity index is 559. The number of carbonyl (C=O) groups excluding carboxylic acids is 1. The van der Waals surface area contributed by atoms with E-state index in [4.69, 9.17) is 5.11 Å². The second-order valence-electron chi connectivity index (χ2n) is 6.01. The van der Waals surface area contributed by atoms with Crippen LogP contribution in [0.2, 0.25) is 0 Å². The van der Waals surface area contributed by atoms with E-state index < -0.39 is 11.6 Å². The van der Waals surface area contributed by atoms with Crippen molar-refractivity contribution in [3.05, 3.63) is 35.4 Å². The zero-order chi connectivity index (χ0) is 15.7. The number of benzene rings is 1. The molecule has 0 bridgehead atoms. The van der Waals surface area contributed by atoms with Gasteiger partial charge in [-0.15, -0.1) is 0 Å². The Labute approximate surface area is 128 Å². The molecule has 0 radical (unpaired) electrons. The number of carbonyl (C=O) groups is 1. The molecule has 2 fully saturated rings. The van der Waals surface area contributed by atoms with E-state index in [-0.39, 0.29) is 24.3 Å². The number of β-amino-alcohol motifs (C(OH)–C–C–N with tert-alkyl or cyclic N) is 1. The predicted molar refractivity (Wildman–Crippen MR) is 77.3 cm³/mol. The van der Waals surface area contributed by atoms with Crippen molar-refractivity contribution in [3.8, 4) is 0 Å². The number of piperazine rings is 1. The van der Waals surface area contributed by atoms with Gasteiger partial charge in [0.15, 0.2) is 0 Å². The van der Waals surface area contributed by atoms with Gasteiger partial charge in [-0.2, -0.15) is 0 Å². The number of hydrogen-bond acceptors (Lipinski definition) is 3. The van der Waals surface area contributed by atoms with Gasteiger partial charge < -0.3 is 10.0 Å². The molecule has 1 N–H and O–H groups in total. The molecule has 1 aliphatic heterocycles. The van der Waals surface area contributed by atoms with Crippen molar-refractivity contribution in [2.45, 2.75) is 12.3 Å². The summed E-state index contributed by atoms with van der Waals surface area (Å²) in [5.41, 5.74) is 0.443. The fourth-order valence-electron chi connectivity index (χ4n) is 3.18. The first-order valence-corrected chi connectivity index (χ1v) is 7.67. The van der Waals surface area contributed by atoms with Gasteiger partial charge in [0.05, 0.1) is 6.61 Å². The van der Waals surface area contributed by atoms with Crippen molar-refractivity contribution in [1.82, 2.24) is 9.80 Å². The molecule has 22 heavy (non-hydrogen) atoms. The maximum atomic E-state index is 13.8. The summed E-state index contributed by atoms with van der Waals surface area (Å²) < 4.78 is 26.7. The molecule has 1 saturated carbocycles. The van der Waals surface area contributed by atoms with Crippen LogP contribution in [-0.2, 0) is 4.79 Å². The third-order valence-corrected chi connectivity index (χ3v) is 4.57. The van der Waals surface area contributed by atoms with Gasteiger partial charge in [-0.05, 0) is 24.0 Å². The Hall–Kier alpha value is -1.53. The van der Waals surface area contributed by atoms with Crippen molar-refractivity contribution in [3.63, 3.8) is 0 Å². The predicted octanol–water partition coefficient (Wildman–Crippen LogP) is 1.20. The molecule has 1 saturated heterocycles. The first-order valence-electron chi connectivity index (χ1n) is 7.67. The Kier molecular flexibility index (Phi) is 4.40. The van der Waals surface area contributed by atoms with Gasteiger partial charge >= 0.3 is 0 Å². The number of aliphatic hydroxyl groups is 1. The third kappa shape index (κ3) is 3.13. The van der Waals surface area contributed by atoms with Crippen LogP contribution in [0.4, 0.5) is 8.78 Å². The molecule has 120 valence electrons. The van der Waals surface area contributed by atoms with Gasteiger partial charge in [-0.3, -0.25) is 9.69 Å². The normalized spacial score (nSPS) is 25.3. The lowest BCUT2D eigenvalue weighted by atomic mass is 10.1. The first kappa shape index (κ1) is 15.4. The zero-order valence-corrected chi connectivity index (χ0v) is 12.3. The minimum Gasteiger partial charge on any atom is -0.395 e. The van der Waals surface area contributed by atoms with E-state index in [0.717, 1.165) is 19.2 Å². The van der Waals surface area contributed by atoms with Crippen LogP contribution in [0.3, 0.4) is 0 Å². The maximum absolute atomic E-state index is 13.8. The SMILES string of the molecule is O=C(C1CC1c1ccc(F)cc1F)N1CCN(CCO)CC1. The summed E-state index contributed by atoms with van der Waals surface area (Å²) in [4.78, 5) is 16.4. The Morgan fingerprint density at radius 3 is 2.59 bits per heavy atom. The summed E-state index contributed by atoms with van der Waals surface area (Å²) in [6.07, 6.45) is 0.637. The highest BCUT2D eigenvalue weighted by Crippen LogP contribution is 2.49. The van der Waals surface area contributed by atoms with E-state index in [1.807, 2.05) is 4.90 Å². The Morgan fingerprint density at radius 1 is 1.23 bits per heavy atom. The quantitative estimate of drug-likeness (QED) is 0.909. The fraction of sp³-hybridized carbons (Fsp3) is 0.562. The van der Waals surface area contributed by atoms with Crippen LogP contribution in [-0.4, -0.2) is 60.1 Å². The average molecular weight is 310 g/mol.